The van der Waals surface area contributed by atoms with Gasteiger partial charge in [0.05, 0.1) is 5.38 Å². The van der Waals surface area contributed by atoms with Gasteiger partial charge in [-0.25, -0.2) is 4.39 Å². The van der Waals surface area contributed by atoms with Gasteiger partial charge in [-0.3, -0.25) is 0 Å². The van der Waals surface area contributed by atoms with Crippen molar-refractivity contribution in [2.45, 2.75) is 11.8 Å². The summed E-state index contributed by atoms with van der Waals surface area (Å²) in [5.74, 6) is -0.285. The van der Waals surface area contributed by atoms with Crippen LogP contribution < -0.4 is 0 Å². The normalized spacial score (nSPS) is 12.4. The summed E-state index contributed by atoms with van der Waals surface area (Å²) in [5.41, 5.74) is 1.53. The molecule has 0 aliphatic heterocycles. The van der Waals surface area contributed by atoms with Gasteiger partial charge in [0.2, 0.25) is 0 Å². The first-order valence-electron chi connectivity index (χ1n) is 5.40. The summed E-state index contributed by atoms with van der Waals surface area (Å²) in [7, 11) is 0. The van der Waals surface area contributed by atoms with Crippen molar-refractivity contribution >= 4 is 39.1 Å². The fourth-order valence-corrected chi connectivity index (χ4v) is 2.54. The minimum absolute atomic E-state index is 0.285. The molecule has 1 unspecified atom stereocenters. The Morgan fingerprint density at radius 1 is 1.11 bits per heavy atom. The van der Waals surface area contributed by atoms with Gasteiger partial charge in [0.25, 0.3) is 0 Å². The molecule has 2 aromatic rings. The summed E-state index contributed by atoms with van der Waals surface area (Å²) in [6.45, 7) is 0. The first-order valence-corrected chi connectivity index (χ1v) is 7.00. The highest BCUT2D eigenvalue weighted by Crippen LogP contribution is 2.29. The Hall–Kier alpha value is -0.570. The largest absolute Gasteiger partial charge is 0.207 e. The van der Waals surface area contributed by atoms with E-state index in [0.29, 0.717) is 17.0 Å². The molecule has 0 aliphatic carbocycles. The van der Waals surface area contributed by atoms with Crippen LogP contribution in [0.3, 0.4) is 0 Å². The lowest BCUT2D eigenvalue weighted by atomic mass is 10.0. The molecular formula is C14H10BrCl2F. The van der Waals surface area contributed by atoms with Crippen molar-refractivity contribution in [2.75, 3.05) is 0 Å². The smallest absolute Gasteiger partial charge is 0.127 e. The van der Waals surface area contributed by atoms with E-state index in [1.165, 1.54) is 6.07 Å². The number of alkyl halides is 1. The molecule has 0 aromatic heterocycles. The maximum Gasteiger partial charge on any atom is 0.127 e. The zero-order valence-corrected chi connectivity index (χ0v) is 12.4. The van der Waals surface area contributed by atoms with Crippen LogP contribution in [0.25, 0.3) is 0 Å². The number of benzene rings is 2. The average Bonchev–Trinajstić information content (AvgIpc) is 2.35. The van der Waals surface area contributed by atoms with E-state index < -0.39 is 5.38 Å². The second-order valence-corrected chi connectivity index (χ2v) is 5.84. The monoisotopic (exact) mass is 346 g/mol. The van der Waals surface area contributed by atoms with Crippen LogP contribution in [-0.2, 0) is 6.42 Å². The third-order valence-corrected chi connectivity index (χ3v) is 3.76. The topological polar surface area (TPSA) is 0 Å². The molecule has 4 heteroatoms. The van der Waals surface area contributed by atoms with Crippen molar-refractivity contribution in [3.8, 4) is 0 Å². The van der Waals surface area contributed by atoms with Crippen LogP contribution in [0.5, 0.6) is 0 Å². The lowest BCUT2D eigenvalue weighted by molar-refractivity contribution is 0.605. The van der Waals surface area contributed by atoms with Crippen molar-refractivity contribution in [1.29, 1.82) is 0 Å². The van der Waals surface area contributed by atoms with Crippen LogP contribution in [0.15, 0.2) is 46.9 Å². The molecule has 0 radical (unpaired) electrons. The summed E-state index contributed by atoms with van der Waals surface area (Å²) in [6, 6.07) is 12.2. The third kappa shape index (κ3) is 3.47. The van der Waals surface area contributed by atoms with Crippen LogP contribution >= 0.6 is 39.1 Å². The molecule has 0 amide bonds. The van der Waals surface area contributed by atoms with E-state index in [1.807, 2.05) is 12.1 Å². The molecule has 2 aromatic carbocycles. The van der Waals surface area contributed by atoms with Gasteiger partial charge < -0.3 is 0 Å². The molecule has 0 heterocycles. The quantitative estimate of drug-likeness (QED) is 0.619. The molecule has 0 saturated heterocycles. The highest BCUT2D eigenvalue weighted by Gasteiger charge is 2.14. The fraction of sp³-hybridized carbons (Fsp3) is 0.143. The van der Waals surface area contributed by atoms with Crippen LogP contribution in [0.2, 0.25) is 5.02 Å². The molecule has 0 aliphatic rings. The number of halogens is 4. The maximum absolute atomic E-state index is 13.7. The summed E-state index contributed by atoms with van der Waals surface area (Å²) >= 11 is 15.4. The van der Waals surface area contributed by atoms with Crippen LogP contribution in [0.1, 0.15) is 16.5 Å². The number of hydrogen-bond acceptors (Lipinski definition) is 0. The van der Waals surface area contributed by atoms with Gasteiger partial charge in [-0.1, -0.05) is 39.7 Å². The van der Waals surface area contributed by atoms with Crippen molar-refractivity contribution in [3.05, 3.63) is 68.9 Å². The van der Waals surface area contributed by atoms with Gasteiger partial charge >= 0.3 is 0 Å². The average molecular weight is 348 g/mol. The Morgan fingerprint density at radius 2 is 1.78 bits per heavy atom. The molecule has 1 atom stereocenters. The van der Waals surface area contributed by atoms with Crippen LogP contribution in [-0.4, -0.2) is 0 Å². The molecule has 94 valence electrons. The molecule has 18 heavy (non-hydrogen) atoms. The van der Waals surface area contributed by atoms with Gasteiger partial charge in [0, 0.05) is 15.1 Å². The lowest BCUT2D eigenvalue weighted by Gasteiger charge is -2.11. The maximum atomic E-state index is 13.7. The Balaban J connectivity index is 2.18. The van der Waals surface area contributed by atoms with E-state index in [-0.39, 0.29) is 5.82 Å². The highest BCUT2D eigenvalue weighted by atomic mass is 79.9. The SMILES string of the molecule is Fc1ccc(Br)cc1C(Cl)Cc1ccc(Cl)cc1. The number of rotatable bonds is 3. The molecular weight excluding hydrogens is 338 g/mol. The fourth-order valence-electron chi connectivity index (χ4n) is 1.69. The molecule has 0 nitrogen and oxygen atoms in total. The zero-order chi connectivity index (χ0) is 13.1. The molecule has 0 bridgehead atoms. The van der Waals surface area contributed by atoms with Crippen molar-refractivity contribution in [2.24, 2.45) is 0 Å². The summed E-state index contributed by atoms with van der Waals surface area (Å²) < 4.78 is 14.5. The zero-order valence-electron chi connectivity index (χ0n) is 9.34. The molecule has 0 N–H and O–H groups in total. The minimum Gasteiger partial charge on any atom is -0.207 e. The Morgan fingerprint density at radius 3 is 2.44 bits per heavy atom. The molecule has 0 fully saturated rings. The predicted octanol–water partition coefficient (Wildman–Crippen LogP) is 5.76. The van der Waals surface area contributed by atoms with E-state index >= 15 is 0 Å². The Kier molecular flexibility index (Phi) is 4.66. The van der Waals surface area contributed by atoms with Gasteiger partial charge in [0.1, 0.15) is 5.82 Å². The summed E-state index contributed by atoms with van der Waals surface area (Å²) in [4.78, 5) is 0. The van der Waals surface area contributed by atoms with E-state index in [2.05, 4.69) is 15.9 Å². The summed E-state index contributed by atoms with van der Waals surface area (Å²) in [5, 5.41) is 0.280. The molecule has 0 spiro atoms. The highest BCUT2D eigenvalue weighted by molar-refractivity contribution is 9.10. The second-order valence-electron chi connectivity index (χ2n) is 3.96. The van der Waals surface area contributed by atoms with E-state index in [0.717, 1.165) is 10.0 Å². The number of hydrogen-bond donors (Lipinski definition) is 0. The van der Waals surface area contributed by atoms with Crippen molar-refractivity contribution in [3.63, 3.8) is 0 Å². The predicted molar refractivity (Wildman–Crippen MR) is 77.9 cm³/mol. The van der Waals surface area contributed by atoms with Gasteiger partial charge in [-0.05, 0) is 42.3 Å². The minimum atomic E-state index is -0.399. The van der Waals surface area contributed by atoms with Crippen molar-refractivity contribution in [1.82, 2.24) is 0 Å². The standard InChI is InChI=1S/C14H10BrCl2F/c15-10-3-6-14(18)12(8-10)13(17)7-9-1-4-11(16)5-2-9/h1-6,8,13H,7H2. The van der Waals surface area contributed by atoms with E-state index in [9.17, 15) is 4.39 Å². The second kappa shape index (κ2) is 6.05. The van der Waals surface area contributed by atoms with Gasteiger partial charge in [-0.15, -0.1) is 11.6 Å². The van der Waals surface area contributed by atoms with Gasteiger partial charge in [-0.2, -0.15) is 0 Å². The van der Waals surface area contributed by atoms with Crippen LogP contribution in [0, 0.1) is 5.82 Å². The first kappa shape index (κ1) is 13.9. The summed E-state index contributed by atoms with van der Waals surface area (Å²) in [6.07, 6.45) is 0.562. The van der Waals surface area contributed by atoms with E-state index in [4.69, 9.17) is 23.2 Å². The molecule has 0 saturated carbocycles. The third-order valence-electron chi connectivity index (χ3n) is 2.62. The molecule has 2 rings (SSSR count). The van der Waals surface area contributed by atoms with Gasteiger partial charge in [0.15, 0.2) is 0 Å². The van der Waals surface area contributed by atoms with Crippen LogP contribution in [0.4, 0.5) is 4.39 Å². The Bertz CT molecular complexity index is 540. The Labute approximate surface area is 124 Å². The van der Waals surface area contributed by atoms with Crippen molar-refractivity contribution < 1.29 is 4.39 Å². The first-order chi connectivity index (χ1) is 8.56. The lowest BCUT2D eigenvalue weighted by Crippen LogP contribution is -1.99. The van der Waals surface area contributed by atoms with E-state index in [1.54, 1.807) is 24.3 Å².